The van der Waals surface area contributed by atoms with Gasteiger partial charge in [0.25, 0.3) is 11.5 Å². The van der Waals surface area contributed by atoms with E-state index in [0.29, 0.717) is 17.0 Å². The Labute approximate surface area is 190 Å². The molecule has 3 aromatic heterocycles. The van der Waals surface area contributed by atoms with Crippen molar-refractivity contribution in [1.29, 1.82) is 0 Å². The minimum atomic E-state index is -0.142. The second-order valence-corrected chi connectivity index (χ2v) is 9.50. The van der Waals surface area contributed by atoms with Crippen molar-refractivity contribution >= 4 is 16.7 Å². The fraction of sp³-hybridized carbons (Fsp3) is 0.320. The summed E-state index contributed by atoms with van der Waals surface area (Å²) in [5.74, 6) is 0.224. The number of rotatable bonds is 4. The monoisotopic (exact) mass is 440 g/mol. The number of pyridine rings is 1. The van der Waals surface area contributed by atoms with Crippen LogP contribution in [0.4, 0.5) is 0 Å². The van der Waals surface area contributed by atoms with E-state index < -0.39 is 0 Å². The Kier molecular flexibility index (Phi) is 4.43. The zero-order valence-corrected chi connectivity index (χ0v) is 18.3. The van der Waals surface area contributed by atoms with Gasteiger partial charge >= 0.3 is 0 Å². The zero-order valence-electron chi connectivity index (χ0n) is 18.3. The highest BCUT2D eigenvalue weighted by molar-refractivity contribution is 5.92. The van der Waals surface area contributed by atoms with Gasteiger partial charge in [0.2, 0.25) is 0 Å². The normalized spacial score (nSPS) is 23.8. The Bertz CT molecular complexity index is 1410. The van der Waals surface area contributed by atoms with Crippen molar-refractivity contribution in [2.75, 3.05) is 0 Å². The summed E-state index contributed by atoms with van der Waals surface area (Å²) in [4.78, 5) is 29.0. The molecule has 3 heterocycles. The summed E-state index contributed by atoms with van der Waals surface area (Å²) < 4.78 is 1.74. The molecule has 0 bridgehead atoms. The Balaban J connectivity index is 1.06. The van der Waals surface area contributed by atoms with E-state index in [-0.39, 0.29) is 22.9 Å². The van der Waals surface area contributed by atoms with Crippen LogP contribution in [0.2, 0.25) is 0 Å². The fourth-order valence-electron chi connectivity index (χ4n) is 5.58. The predicted octanol–water partition coefficient (Wildman–Crippen LogP) is 3.17. The summed E-state index contributed by atoms with van der Waals surface area (Å²) in [5.41, 5.74) is 3.46. The summed E-state index contributed by atoms with van der Waals surface area (Å²) in [7, 11) is 1.87. The summed E-state index contributed by atoms with van der Waals surface area (Å²) in [6.45, 7) is 0. The van der Waals surface area contributed by atoms with Crippen molar-refractivity contribution in [1.82, 2.24) is 30.3 Å². The van der Waals surface area contributed by atoms with Gasteiger partial charge in [-0.25, -0.2) is 5.10 Å². The van der Waals surface area contributed by atoms with E-state index in [0.717, 1.165) is 47.9 Å². The van der Waals surface area contributed by atoms with Gasteiger partial charge in [-0.3, -0.25) is 19.3 Å². The third-order valence-electron chi connectivity index (χ3n) is 7.20. The maximum Gasteiger partial charge on any atom is 0.272 e. The molecule has 4 aromatic rings. The molecular weight excluding hydrogens is 416 g/mol. The third kappa shape index (κ3) is 3.42. The first-order valence-electron chi connectivity index (χ1n) is 11.2. The lowest BCUT2D eigenvalue weighted by molar-refractivity contribution is -0.0197. The Morgan fingerprint density at radius 2 is 1.85 bits per heavy atom. The molecule has 0 aliphatic heterocycles. The van der Waals surface area contributed by atoms with E-state index in [2.05, 4.69) is 25.6 Å². The summed E-state index contributed by atoms with van der Waals surface area (Å²) in [6, 6.07) is 11.5. The number of aromatic amines is 1. The Hall–Kier alpha value is -3.81. The van der Waals surface area contributed by atoms with Crippen molar-refractivity contribution in [3.8, 4) is 11.1 Å². The van der Waals surface area contributed by atoms with E-state index in [1.54, 1.807) is 23.1 Å². The van der Waals surface area contributed by atoms with Crippen LogP contribution in [-0.2, 0) is 7.05 Å². The van der Waals surface area contributed by atoms with Gasteiger partial charge in [0.05, 0.1) is 17.3 Å². The molecule has 166 valence electrons. The smallest absolute Gasteiger partial charge is 0.272 e. The molecule has 2 aliphatic rings. The first-order chi connectivity index (χ1) is 16.0. The summed E-state index contributed by atoms with van der Waals surface area (Å²) >= 11 is 0. The fourth-order valence-corrected chi connectivity index (χ4v) is 5.58. The largest absolute Gasteiger partial charge is 0.348 e. The van der Waals surface area contributed by atoms with Gasteiger partial charge in [-0.2, -0.15) is 10.2 Å². The average molecular weight is 441 g/mol. The van der Waals surface area contributed by atoms with Crippen molar-refractivity contribution in [3.63, 3.8) is 0 Å². The molecule has 1 spiro atoms. The highest BCUT2D eigenvalue weighted by Gasteiger charge is 2.54. The van der Waals surface area contributed by atoms with Gasteiger partial charge in [0, 0.05) is 47.9 Å². The first kappa shape index (κ1) is 19.8. The number of H-pyrrole nitrogens is 1. The minimum Gasteiger partial charge on any atom is -0.348 e. The van der Waals surface area contributed by atoms with Gasteiger partial charge in [-0.15, -0.1) is 0 Å². The number of carbonyl (C=O) groups excluding carboxylic acids is 1. The molecule has 8 heteroatoms. The lowest BCUT2D eigenvalue weighted by Crippen LogP contribution is -2.55. The number of nitrogens with one attached hydrogen (secondary N) is 2. The van der Waals surface area contributed by atoms with E-state index in [9.17, 15) is 9.59 Å². The van der Waals surface area contributed by atoms with Crippen LogP contribution in [0.5, 0.6) is 0 Å². The van der Waals surface area contributed by atoms with E-state index in [4.69, 9.17) is 0 Å². The second kappa shape index (κ2) is 7.37. The molecule has 1 aromatic carbocycles. The van der Waals surface area contributed by atoms with E-state index in [1.165, 1.54) is 0 Å². The molecule has 1 amide bonds. The van der Waals surface area contributed by atoms with Gasteiger partial charge in [-0.1, -0.05) is 24.3 Å². The van der Waals surface area contributed by atoms with Crippen LogP contribution in [0, 0.1) is 5.41 Å². The number of aryl methyl sites for hydroxylation is 1. The number of hydrogen-bond donors (Lipinski definition) is 2. The van der Waals surface area contributed by atoms with Crippen LogP contribution >= 0.6 is 0 Å². The molecule has 2 aliphatic carbocycles. The molecule has 2 N–H and O–H groups in total. The molecule has 2 saturated carbocycles. The van der Waals surface area contributed by atoms with Gasteiger partial charge < -0.3 is 5.32 Å². The van der Waals surface area contributed by atoms with Crippen LogP contribution in [0.1, 0.15) is 47.8 Å². The highest BCUT2D eigenvalue weighted by atomic mass is 16.2. The van der Waals surface area contributed by atoms with E-state index in [1.807, 2.05) is 43.6 Å². The zero-order chi connectivity index (χ0) is 22.6. The molecule has 8 nitrogen and oxygen atoms in total. The predicted molar refractivity (Wildman–Crippen MR) is 124 cm³/mol. The molecule has 33 heavy (non-hydrogen) atoms. The maximum atomic E-state index is 12.6. The number of fused-ring (bicyclic) bond motifs is 1. The minimum absolute atomic E-state index is 0.128. The summed E-state index contributed by atoms with van der Waals surface area (Å²) in [5, 5.41) is 16.0. The Morgan fingerprint density at radius 3 is 2.55 bits per heavy atom. The van der Waals surface area contributed by atoms with Crippen LogP contribution < -0.4 is 10.9 Å². The van der Waals surface area contributed by atoms with Gasteiger partial charge in [-0.05, 0) is 43.2 Å². The molecule has 6 rings (SSSR count). The molecule has 0 unspecified atom stereocenters. The molecular formula is C25H24N6O2. The van der Waals surface area contributed by atoms with Crippen molar-refractivity contribution in [3.05, 3.63) is 76.7 Å². The topological polar surface area (TPSA) is 106 Å². The SMILES string of the molecule is Cn1cc(-c2ccc(C(=O)NC3CC4(C3)CC(c3n[nH]c(=O)c5ccccc35)C4)nc2)cn1. The molecule has 0 saturated heterocycles. The highest BCUT2D eigenvalue weighted by Crippen LogP contribution is 2.62. The van der Waals surface area contributed by atoms with Gasteiger partial charge in [0.15, 0.2) is 0 Å². The van der Waals surface area contributed by atoms with Crippen molar-refractivity contribution in [2.45, 2.75) is 37.6 Å². The second-order valence-electron chi connectivity index (χ2n) is 9.50. The number of amides is 1. The van der Waals surface area contributed by atoms with Crippen LogP contribution in [0.15, 0.2) is 59.8 Å². The number of aromatic nitrogens is 5. The first-order valence-corrected chi connectivity index (χ1v) is 11.2. The average Bonchev–Trinajstić information content (AvgIpc) is 3.22. The number of carbonyl (C=O) groups is 1. The Morgan fingerprint density at radius 1 is 1.06 bits per heavy atom. The number of benzene rings is 1. The maximum absolute atomic E-state index is 12.6. The van der Waals surface area contributed by atoms with Gasteiger partial charge in [0.1, 0.15) is 5.69 Å². The third-order valence-corrected chi connectivity index (χ3v) is 7.20. The lowest BCUT2D eigenvalue weighted by atomic mass is 9.49. The van der Waals surface area contributed by atoms with Crippen LogP contribution in [-0.4, -0.2) is 36.9 Å². The molecule has 0 atom stereocenters. The molecule has 2 fully saturated rings. The number of nitrogens with zero attached hydrogens (tertiary/aromatic N) is 4. The summed E-state index contributed by atoms with van der Waals surface area (Å²) in [6.07, 6.45) is 9.45. The van der Waals surface area contributed by atoms with Crippen LogP contribution in [0.3, 0.4) is 0 Å². The number of hydrogen-bond acceptors (Lipinski definition) is 5. The molecule has 0 radical (unpaired) electrons. The van der Waals surface area contributed by atoms with Crippen molar-refractivity contribution < 1.29 is 4.79 Å². The standard InChI is InChI=1S/C25H24N6O2/c1-31-14-17(13-27-31)15-6-7-21(26-12-15)24(33)28-18-10-25(11-18)8-16(9-25)22-19-4-2-3-5-20(19)23(32)30-29-22/h2-7,12-14,16,18H,8-11H2,1H3,(H,28,33)(H,30,32). The van der Waals surface area contributed by atoms with Crippen LogP contribution in [0.25, 0.3) is 21.9 Å². The lowest BCUT2D eigenvalue weighted by Gasteiger charge is -2.57. The quantitative estimate of drug-likeness (QED) is 0.507. The van der Waals surface area contributed by atoms with Crippen molar-refractivity contribution in [2.24, 2.45) is 12.5 Å². The van der Waals surface area contributed by atoms with E-state index >= 15 is 0 Å².